The number of benzene rings is 1. The van der Waals surface area contributed by atoms with Crippen molar-refractivity contribution in [3.05, 3.63) is 48.2 Å². The van der Waals surface area contributed by atoms with E-state index in [1.165, 1.54) is 0 Å². The quantitative estimate of drug-likeness (QED) is 0.873. The molecule has 3 unspecified atom stereocenters. The average molecular weight is 326 g/mol. The maximum atomic E-state index is 11.1. The Labute approximate surface area is 143 Å². The van der Waals surface area contributed by atoms with Gasteiger partial charge in [0.15, 0.2) is 0 Å². The number of hydrogen-bond donors (Lipinski definition) is 1. The fourth-order valence-corrected chi connectivity index (χ4v) is 3.70. The number of hydrogen-bond acceptors (Lipinski definition) is 4. The summed E-state index contributed by atoms with van der Waals surface area (Å²) in [5, 5.41) is 12.1. The topological polar surface area (TPSA) is 45.6 Å². The lowest BCUT2D eigenvalue weighted by Gasteiger charge is -2.39. The highest BCUT2D eigenvalue weighted by molar-refractivity contribution is 5.83. The number of fused-ring (bicyclic) bond motifs is 1. The van der Waals surface area contributed by atoms with Crippen LogP contribution in [0, 0.1) is 5.92 Å². The van der Waals surface area contributed by atoms with Crippen molar-refractivity contribution in [1.29, 1.82) is 0 Å². The Kier molecular flexibility index (Phi) is 5.17. The van der Waals surface area contributed by atoms with Crippen molar-refractivity contribution in [3.63, 3.8) is 0 Å². The van der Waals surface area contributed by atoms with Crippen LogP contribution in [0.25, 0.3) is 10.9 Å². The first-order valence-electron chi connectivity index (χ1n) is 8.57. The fraction of sp³-hybridized carbons (Fsp3) is 0.450. The van der Waals surface area contributed by atoms with Crippen molar-refractivity contribution in [2.45, 2.75) is 31.9 Å². The number of aromatic nitrogens is 1. The fourth-order valence-electron chi connectivity index (χ4n) is 3.70. The Morgan fingerprint density at radius 3 is 2.96 bits per heavy atom. The van der Waals surface area contributed by atoms with Crippen molar-refractivity contribution >= 4 is 10.9 Å². The minimum atomic E-state index is -0.541. The molecule has 1 aliphatic rings. The van der Waals surface area contributed by atoms with Gasteiger partial charge in [0.2, 0.25) is 0 Å². The molecule has 0 aliphatic carbocycles. The summed E-state index contributed by atoms with van der Waals surface area (Å²) < 4.78 is 5.34. The molecule has 0 saturated carbocycles. The zero-order valence-electron chi connectivity index (χ0n) is 14.6. The molecule has 2 aromatic rings. The second-order valence-corrected chi connectivity index (χ2v) is 6.59. The van der Waals surface area contributed by atoms with Gasteiger partial charge < -0.3 is 14.7 Å². The standard InChI is InChI=1S/C20H26N2O2/c1-4-5-14-9-11-22(2)19(12-14)20(23)16-8-10-21-18-7-6-15(24-3)13-17(16)18/h4-8,10,13-14,19-20,23H,9,11-12H2,1-3H3/b5-4+. The van der Waals surface area contributed by atoms with E-state index in [0.29, 0.717) is 5.92 Å². The zero-order chi connectivity index (χ0) is 17.1. The highest BCUT2D eigenvalue weighted by Crippen LogP contribution is 2.34. The van der Waals surface area contributed by atoms with E-state index in [9.17, 15) is 5.11 Å². The van der Waals surface area contributed by atoms with Crippen molar-refractivity contribution in [2.24, 2.45) is 5.92 Å². The number of pyridine rings is 1. The van der Waals surface area contributed by atoms with Crippen LogP contribution in [-0.4, -0.2) is 41.7 Å². The maximum absolute atomic E-state index is 11.1. The predicted molar refractivity (Wildman–Crippen MR) is 97.2 cm³/mol. The van der Waals surface area contributed by atoms with Crippen LogP contribution in [0.5, 0.6) is 5.75 Å². The van der Waals surface area contributed by atoms with Gasteiger partial charge in [-0.3, -0.25) is 4.98 Å². The van der Waals surface area contributed by atoms with E-state index in [-0.39, 0.29) is 6.04 Å². The molecule has 1 aliphatic heterocycles. The number of piperidine rings is 1. The minimum absolute atomic E-state index is 0.108. The van der Waals surface area contributed by atoms with Gasteiger partial charge >= 0.3 is 0 Å². The van der Waals surface area contributed by atoms with Crippen molar-refractivity contribution in [3.8, 4) is 5.75 Å². The lowest BCUT2D eigenvalue weighted by Crippen LogP contribution is -2.43. The smallest absolute Gasteiger partial charge is 0.119 e. The monoisotopic (exact) mass is 326 g/mol. The third-order valence-corrected chi connectivity index (χ3v) is 5.09. The number of aliphatic hydroxyl groups is 1. The third kappa shape index (κ3) is 3.30. The van der Waals surface area contributed by atoms with E-state index in [4.69, 9.17) is 4.74 Å². The Morgan fingerprint density at radius 2 is 2.21 bits per heavy atom. The van der Waals surface area contributed by atoms with Gasteiger partial charge in [0.25, 0.3) is 0 Å². The number of methoxy groups -OCH3 is 1. The molecule has 4 nitrogen and oxygen atoms in total. The summed E-state index contributed by atoms with van der Waals surface area (Å²) in [6, 6.07) is 7.85. The Bertz CT molecular complexity index is 729. The summed E-state index contributed by atoms with van der Waals surface area (Å²) in [6.45, 7) is 3.06. The molecule has 1 aromatic heterocycles. The molecule has 2 heterocycles. The highest BCUT2D eigenvalue weighted by Gasteiger charge is 2.31. The normalized spacial score (nSPS) is 23.7. The van der Waals surface area contributed by atoms with Gasteiger partial charge in [-0.2, -0.15) is 0 Å². The van der Waals surface area contributed by atoms with Crippen LogP contribution in [0.4, 0.5) is 0 Å². The van der Waals surface area contributed by atoms with Gasteiger partial charge in [0.05, 0.1) is 18.7 Å². The van der Waals surface area contributed by atoms with Crippen LogP contribution < -0.4 is 4.74 Å². The summed E-state index contributed by atoms with van der Waals surface area (Å²) >= 11 is 0. The SMILES string of the molecule is C/C=C/C1CCN(C)C(C(O)c2ccnc3ccc(OC)cc23)C1. The zero-order valence-corrected chi connectivity index (χ0v) is 14.6. The van der Waals surface area contributed by atoms with Gasteiger partial charge in [0, 0.05) is 17.6 Å². The van der Waals surface area contributed by atoms with Crippen LogP contribution >= 0.6 is 0 Å². The number of ether oxygens (including phenoxy) is 1. The van der Waals surface area contributed by atoms with Crippen LogP contribution in [0.1, 0.15) is 31.4 Å². The highest BCUT2D eigenvalue weighted by atomic mass is 16.5. The lowest BCUT2D eigenvalue weighted by atomic mass is 9.85. The van der Waals surface area contributed by atoms with Gasteiger partial charge in [-0.1, -0.05) is 12.2 Å². The summed E-state index contributed by atoms with van der Waals surface area (Å²) in [5.74, 6) is 1.32. The van der Waals surface area contributed by atoms with Gasteiger partial charge in [0.1, 0.15) is 5.75 Å². The first kappa shape index (κ1) is 16.9. The molecule has 0 spiro atoms. The van der Waals surface area contributed by atoms with Gasteiger partial charge in [-0.15, -0.1) is 0 Å². The number of allylic oxidation sites excluding steroid dienone is 2. The number of nitrogens with zero attached hydrogens (tertiary/aromatic N) is 2. The molecular formula is C20H26N2O2. The van der Waals surface area contributed by atoms with E-state index >= 15 is 0 Å². The second kappa shape index (κ2) is 7.32. The van der Waals surface area contributed by atoms with Gasteiger partial charge in [-0.25, -0.2) is 0 Å². The van der Waals surface area contributed by atoms with Crippen LogP contribution in [-0.2, 0) is 0 Å². The first-order chi connectivity index (χ1) is 11.6. The van der Waals surface area contributed by atoms with Crippen molar-refractivity contribution in [2.75, 3.05) is 20.7 Å². The van der Waals surface area contributed by atoms with E-state index in [1.54, 1.807) is 13.3 Å². The predicted octanol–water partition coefficient (Wildman–Crippen LogP) is 3.56. The van der Waals surface area contributed by atoms with Crippen LogP contribution in [0.15, 0.2) is 42.6 Å². The Balaban J connectivity index is 1.96. The lowest BCUT2D eigenvalue weighted by molar-refractivity contribution is 0.0304. The second-order valence-electron chi connectivity index (χ2n) is 6.59. The summed E-state index contributed by atoms with van der Waals surface area (Å²) in [6.07, 6.45) is 7.73. The van der Waals surface area contributed by atoms with Crippen LogP contribution in [0.2, 0.25) is 0 Å². The molecule has 0 radical (unpaired) electrons. The minimum Gasteiger partial charge on any atom is -0.497 e. The molecule has 0 bridgehead atoms. The number of aliphatic hydroxyl groups excluding tert-OH is 1. The molecule has 4 heteroatoms. The van der Waals surface area contributed by atoms with Crippen molar-refractivity contribution in [1.82, 2.24) is 9.88 Å². The maximum Gasteiger partial charge on any atom is 0.119 e. The molecule has 0 amide bonds. The number of rotatable bonds is 4. The molecule has 1 saturated heterocycles. The first-order valence-corrected chi connectivity index (χ1v) is 8.57. The molecule has 1 N–H and O–H groups in total. The largest absolute Gasteiger partial charge is 0.497 e. The average Bonchev–Trinajstić information content (AvgIpc) is 2.62. The molecule has 3 atom stereocenters. The van der Waals surface area contributed by atoms with E-state index in [1.807, 2.05) is 24.3 Å². The molecule has 1 aromatic carbocycles. The molecule has 128 valence electrons. The van der Waals surface area contributed by atoms with Crippen LogP contribution in [0.3, 0.4) is 0 Å². The van der Waals surface area contributed by atoms with E-state index < -0.39 is 6.10 Å². The number of likely N-dealkylation sites (N-methyl/N-ethyl adjacent to an activating group) is 1. The summed E-state index contributed by atoms with van der Waals surface area (Å²) in [4.78, 5) is 6.69. The molecule has 1 fully saturated rings. The third-order valence-electron chi connectivity index (χ3n) is 5.09. The van der Waals surface area contributed by atoms with E-state index in [2.05, 4.69) is 36.0 Å². The molecular weight excluding hydrogens is 300 g/mol. The summed E-state index contributed by atoms with van der Waals surface area (Å²) in [7, 11) is 3.76. The van der Waals surface area contributed by atoms with Crippen molar-refractivity contribution < 1.29 is 9.84 Å². The Morgan fingerprint density at radius 1 is 1.38 bits per heavy atom. The summed E-state index contributed by atoms with van der Waals surface area (Å²) in [5.41, 5.74) is 1.81. The van der Waals surface area contributed by atoms with E-state index in [0.717, 1.165) is 41.6 Å². The van der Waals surface area contributed by atoms with Gasteiger partial charge in [-0.05, 0) is 69.1 Å². The Hall–Kier alpha value is -1.91. The number of likely N-dealkylation sites (tertiary alicyclic amines) is 1. The molecule has 24 heavy (non-hydrogen) atoms. The molecule has 3 rings (SSSR count).